The van der Waals surface area contributed by atoms with E-state index in [1.165, 1.54) is 42.2 Å². The second kappa shape index (κ2) is 13.9. The number of carbonyl (C=O) groups is 2. The van der Waals surface area contributed by atoms with E-state index in [0.29, 0.717) is 13.0 Å². The molecule has 0 aromatic heterocycles. The Morgan fingerprint density at radius 3 is 2.27 bits per heavy atom. The molecule has 0 aliphatic heterocycles. The van der Waals surface area contributed by atoms with Crippen molar-refractivity contribution in [3.05, 3.63) is 89.7 Å². The number of para-hydroxylation sites is 2. The van der Waals surface area contributed by atoms with Crippen molar-refractivity contribution in [3.8, 4) is 5.75 Å². The maximum atomic E-state index is 14.6. The van der Waals surface area contributed by atoms with Gasteiger partial charge >= 0.3 is 0 Å². The lowest BCUT2D eigenvalue weighted by atomic mass is 10.1. The summed E-state index contributed by atoms with van der Waals surface area (Å²) < 4.78 is 49.3. The molecule has 0 aliphatic carbocycles. The largest absolute Gasteiger partial charge is 0.492 e. The molecule has 40 heavy (non-hydrogen) atoms. The van der Waals surface area contributed by atoms with Crippen LogP contribution in [0.15, 0.2) is 77.7 Å². The van der Waals surface area contributed by atoms with Crippen LogP contribution in [0.5, 0.6) is 5.75 Å². The molecular weight excluding hydrogens is 533 g/mol. The number of ether oxygens (including phenoxy) is 1. The summed E-state index contributed by atoms with van der Waals surface area (Å²) >= 11 is 0. The molecule has 0 radical (unpaired) electrons. The number of benzene rings is 3. The summed E-state index contributed by atoms with van der Waals surface area (Å²) in [6, 6.07) is 17.8. The molecule has 0 aliphatic rings. The molecule has 2 amide bonds. The van der Waals surface area contributed by atoms with Crippen LogP contribution in [0, 0.1) is 12.7 Å². The highest BCUT2D eigenvalue weighted by Gasteiger charge is 2.34. The summed E-state index contributed by atoms with van der Waals surface area (Å²) in [7, 11) is -4.25. The number of rotatable bonds is 13. The first-order chi connectivity index (χ1) is 19.1. The van der Waals surface area contributed by atoms with E-state index < -0.39 is 40.2 Å². The lowest BCUT2D eigenvalue weighted by Gasteiger charge is -2.32. The van der Waals surface area contributed by atoms with Crippen LogP contribution in [0.1, 0.15) is 38.3 Å². The molecule has 10 heteroatoms. The number of amides is 2. The van der Waals surface area contributed by atoms with Gasteiger partial charge in [0.15, 0.2) is 0 Å². The SMILES string of the molecule is CCCNC(=O)C(C)N(Cc1ccccc1F)C(=O)CN(c1ccccc1OCC)S(=O)(=O)c1ccc(C)cc1. The summed E-state index contributed by atoms with van der Waals surface area (Å²) in [5.41, 5.74) is 1.25. The van der Waals surface area contributed by atoms with Crippen molar-refractivity contribution in [2.75, 3.05) is 24.0 Å². The molecule has 0 spiro atoms. The van der Waals surface area contributed by atoms with E-state index in [1.807, 2.05) is 13.8 Å². The van der Waals surface area contributed by atoms with Crippen molar-refractivity contribution in [1.29, 1.82) is 0 Å². The number of halogens is 1. The lowest BCUT2D eigenvalue weighted by molar-refractivity contribution is -0.139. The smallest absolute Gasteiger partial charge is 0.264 e. The Bertz CT molecular complexity index is 1410. The molecule has 0 bridgehead atoms. The Hall–Kier alpha value is -3.92. The average Bonchev–Trinajstić information content (AvgIpc) is 2.94. The maximum Gasteiger partial charge on any atom is 0.264 e. The number of hydrogen-bond acceptors (Lipinski definition) is 5. The zero-order chi connectivity index (χ0) is 29.3. The fraction of sp³-hybridized carbons (Fsp3) is 0.333. The van der Waals surface area contributed by atoms with Gasteiger partial charge in [-0.05, 0) is 57.5 Å². The fourth-order valence-corrected chi connectivity index (χ4v) is 5.50. The fourth-order valence-electron chi connectivity index (χ4n) is 4.08. The number of hydrogen-bond donors (Lipinski definition) is 1. The molecule has 0 saturated heterocycles. The van der Waals surface area contributed by atoms with Gasteiger partial charge in [0, 0.05) is 18.7 Å². The van der Waals surface area contributed by atoms with Crippen molar-refractivity contribution in [1.82, 2.24) is 10.2 Å². The van der Waals surface area contributed by atoms with E-state index in [9.17, 15) is 22.4 Å². The second-order valence-corrected chi connectivity index (χ2v) is 11.2. The highest BCUT2D eigenvalue weighted by Crippen LogP contribution is 2.33. The van der Waals surface area contributed by atoms with Crippen LogP contribution >= 0.6 is 0 Å². The van der Waals surface area contributed by atoms with E-state index >= 15 is 0 Å². The first kappa shape index (κ1) is 30.6. The Morgan fingerprint density at radius 1 is 0.975 bits per heavy atom. The molecule has 3 rings (SSSR count). The first-order valence-electron chi connectivity index (χ1n) is 13.2. The molecule has 0 saturated carbocycles. The van der Waals surface area contributed by atoms with Crippen molar-refractivity contribution in [3.63, 3.8) is 0 Å². The minimum Gasteiger partial charge on any atom is -0.492 e. The van der Waals surface area contributed by atoms with E-state index in [2.05, 4.69) is 5.32 Å². The topological polar surface area (TPSA) is 96.0 Å². The predicted octanol–water partition coefficient (Wildman–Crippen LogP) is 4.67. The summed E-state index contributed by atoms with van der Waals surface area (Å²) in [6.07, 6.45) is 0.691. The third kappa shape index (κ3) is 7.38. The highest BCUT2D eigenvalue weighted by atomic mass is 32.2. The third-order valence-electron chi connectivity index (χ3n) is 6.34. The van der Waals surface area contributed by atoms with Crippen LogP contribution in [0.2, 0.25) is 0 Å². The Morgan fingerprint density at radius 2 is 1.62 bits per heavy atom. The standard InChI is InChI=1S/C30H36FN3O5S/c1-5-19-32-30(36)23(4)33(20-24-11-7-8-12-26(24)31)29(35)21-34(27-13-9-10-14-28(27)39-6-2)40(37,38)25-17-15-22(3)16-18-25/h7-18,23H,5-6,19-21H2,1-4H3,(H,32,36). The molecule has 0 heterocycles. The number of nitrogens with zero attached hydrogens (tertiary/aromatic N) is 2. The second-order valence-electron chi connectivity index (χ2n) is 9.31. The Labute approximate surface area is 235 Å². The van der Waals surface area contributed by atoms with Crippen molar-refractivity contribution >= 4 is 27.5 Å². The van der Waals surface area contributed by atoms with Gasteiger partial charge < -0.3 is 15.0 Å². The summed E-state index contributed by atoms with van der Waals surface area (Å²) in [4.78, 5) is 28.0. The molecular formula is C30H36FN3O5S. The summed E-state index contributed by atoms with van der Waals surface area (Å²) in [6.45, 7) is 6.87. The molecule has 3 aromatic carbocycles. The maximum absolute atomic E-state index is 14.6. The molecule has 1 unspecified atom stereocenters. The van der Waals surface area contributed by atoms with Crippen LogP contribution in [0.4, 0.5) is 10.1 Å². The van der Waals surface area contributed by atoms with Gasteiger partial charge in [0.05, 0.1) is 17.2 Å². The number of sulfonamides is 1. The van der Waals surface area contributed by atoms with Gasteiger partial charge in [-0.2, -0.15) is 0 Å². The Balaban J connectivity index is 2.08. The van der Waals surface area contributed by atoms with Crippen LogP contribution in [0.25, 0.3) is 0 Å². The number of carbonyl (C=O) groups excluding carboxylic acids is 2. The van der Waals surface area contributed by atoms with Crippen LogP contribution in [-0.4, -0.2) is 50.9 Å². The highest BCUT2D eigenvalue weighted by molar-refractivity contribution is 7.92. The Kier molecular flexibility index (Phi) is 10.7. The number of anilines is 1. The van der Waals surface area contributed by atoms with Gasteiger partial charge in [-0.3, -0.25) is 13.9 Å². The molecule has 0 fully saturated rings. The van der Waals surface area contributed by atoms with E-state index in [0.717, 1.165) is 9.87 Å². The van der Waals surface area contributed by atoms with Gasteiger partial charge in [-0.25, -0.2) is 12.8 Å². The first-order valence-corrected chi connectivity index (χ1v) is 14.7. The zero-order valence-corrected chi connectivity index (χ0v) is 24.1. The van der Waals surface area contributed by atoms with Gasteiger partial charge in [-0.15, -0.1) is 0 Å². The molecule has 8 nitrogen and oxygen atoms in total. The summed E-state index contributed by atoms with van der Waals surface area (Å²) in [5, 5.41) is 2.76. The van der Waals surface area contributed by atoms with Gasteiger partial charge in [-0.1, -0.05) is 55.0 Å². The van der Waals surface area contributed by atoms with E-state index in [-0.39, 0.29) is 35.0 Å². The van der Waals surface area contributed by atoms with Gasteiger partial charge in [0.25, 0.3) is 10.0 Å². The molecule has 3 aromatic rings. The molecule has 1 N–H and O–H groups in total. The molecule has 1 atom stereocenters. The third-order valence-corrected chi connectivity index (χ3v) is 8.11. The minimum atomic E-state index is -4.25. The molecule has 214 valence electrons. The van der Waals surface area contributed by atoms with Gasteiger partial charge in [0.2, 0.25) is 11.8 Å². The van der Waals surface area contributed by atoms with E-state index in [4.69, 9.17) is 4.74 Å². The van der Waals surface area contributed by atoms with Crippen LogP contribution in [0.3, 0.4) is 0 Å². The quantitative estimate of drug-likeness (QED) is 0.323. The average molecular weight is 570 g/mol. The van der Waals surface area contributed by atoms with E-state index in [1.54, 1.807) is 49.4 Å². The minimum absolute atomic E-state index is 0.00778. The van der Waals surface area contributed by atoms with Crippen LogP contribution < -0.4 is 14.4 Å². The zero-order valence-electron chi connectivity index (χ0n) is 23.3. The predicted molar refractivity (Wildman–Crippen MR) is 153 cm³/mol. The monoisotopic (exact) mass is 569 g/mol. The summed E-state index contributed by atoms with van der Waals surface area (Å²) in [5.74, 6) is -1.35. The van der Waals surface area contributed by atoms with Crippen molar-refractivity contribution < 1.29 is 27.1 Å². The number of nitrogens with one attached hydrogen (secondary N) is 1. The van der Waals surface area contributed by atoms with Crippen molar-refractivity contribution in [2.24, 2.45) is 0 Å². The van der Waals surface area contributed by atoms with Crippen LogP contribution in [-0.2, 0) is 26.2 Å². The number of aryl methyl sites for hydroxylation is 1. The van der Waals surface area contributed by atoms with Gasteiger partial charge in [0.1, 0.15) is 24.2 Å². The van der Waals surface area contributed by atoms with Crippen molar-refractivity contribution in [2.45, 2.75) is 51.6 Å². The lowest BCUT2D eigenvalue weighted by Crippen LogP contribution is -2.51. The normalized spacial score (nSPS) is 11.9.